The van der Waals surface area contributed by atoms with E-state index in [1.165, 1.54) is 5.56 Å². The van der Waals surface area contributed by atoms with Gasteiger partial charge in [0.15, 0.2) is 5.96 Å². The molecule has 0 amide bonds. The highest BCUT2D eigenvalue weighted by Crippen LogP contribution is 2.19. The number of aromatic nitrogens is 4. The van der Waals surface area contributed by atoms with Gasteiger partial charge in [-0.2, -0.15) is 5.10 Å². The van der Waals surface area contributed by atoms with Crippen molar-refractivity contribution < 1.29 is 0 Å². The van der Waals surface area contributed by atoms with Gasteiger partial charge in [0.05, 0.1) is 24.3 Å². The van der Waals surface area contributed by atoms with Crippen molar-refractivity contribution in [3.8, 4) is 5.69 Å². The van der Waals surface area contributed by atoms with Gasteiger partial charge in [0.1, 0.15) is 0 Å². The molecule has 0 unspecified atom stereocenters. The molecule has 2 heterocycles. The number of aliphatic imine (C=N–C) groups is 1. The summed E-state index contributed by atoms with van der Waals surface area (Å²) in [5.74, 6) is 1.27. The predicted octanol–water partition coefficient (Wildman–Crippen LogP) is 3.94. The van der Waals surface area contributed by atoms with Gasteiger partial charge in [0, 0.05) is 51.3 Å². The summed E-state index contributed by atoms with van der Waals surface area (Å²) in [6.45, 7) is 8.61. The highest BCUT2D eigenvalue weighted by atomic mass is 127. The van der Waals surface area contributed by atoms with Gasteiger partial charge in [0.25, 0.3) is 0 Å². The van der Waals surface area contributed by atoms with E-state index in [4.69, 9.17) is 4.99 Å². The predicted molar refractivity (Wildman–Crippen MR) is 133 cm³/mol. The largest absolute Gasteiger partial charge is 0.357 e. The Morgan fingerprint density at radius 1 is 1.23 bits per heavy atom. The van der Waals surface area contributed by atoms with Crippen LogP contribution < -0.4 is 5.32 Å². The maximum atomic E-state index is 4.90. The molecule has 0 aliphatic rings. The van der Waals surface area contributed by atoms with Crippen molar-refractivity contribution in [2.45, 2.75) is 39.8 Å². The number of guanidine groups is 1. The summed E-state index contributed by atoms with van der Waals surface area (Å²) in [7, 11) is 4.04. The SMILES string of the molecule is CCNC(=NCc1ccccc1-n1ccnc1)N(C)Cc1cn(C)nc1C(C)C.I. The summed E-state index contributed by atoms with van der Waals surface area (Å²) in [4.78, 5) is 11.2. The number of hydrogen-bond acceptors (Lipinski definition) is 3. The quantitative estimate of drug-likeness (QED) is 0.291. The second-order valence-electron chi connectivity index (χ2n) is 7.49. The number of aryl methyl sites for hydroxylation is 1. The molecule has 3 aromatic rings. The average molecular weight is 521 g/mol. The zero-order chi connectivity index (χ0) is 20.8. The van der Waals surface area contributed by atoms with Crippen molar-refractivity contribution in [2.24, 2.45) is 12.0 Å². The summed E-state index contributed by atoms with van der Waals surface area (Å²) in [5.41, 5.74) is 4.62. The molecule has 0 radical (unpaired) electrons. The zero-order valence-corrected chi connectivity index (χ0v) is 20.7. The van der Waals surface area contributed by atoms with Gasteiger partial charge in [-0.1, -0.05) is 32.0 Å². The number of nitrogens with zero attached hydrogens (tertiary/aromatic N) is 6. The minimum atomic E-state index is 0. The lowest BCUT2D eigenvalue weighted by molar-refractivity contribution is 0.473. The van der Waals surface area contributed by atoms with Crippen LogP contribution in [0.1, 0.15) is 43.5 Å². The number of imidazole rings is 1. The van der Waals surface area contributed by atoms with E-state index >= 15 is 0 Å². The smallest absolute Gasteiger partial charge is 0.194 e. The van der Waals surface area contributed by atoms with Gasteiger partial charge in [-0.25, -0.2) is 9.98 Å². The van der Waals surface area contributed by atoms with Crippen LogP contribution in [0.25, 0.3) is 5.69 Å². The van der Waals surface area contributed by atoms with Crippen LogP contribution >= 0.6 is 24.0 Å². The van der Waals surface area contributed by atoms with Gasteiger partial charge in [0.2, 0.25) is 0 Å². The minimum absolute atomic E-state index is 0. The average Bonchev–Trinajstić information content (AvgIpc) is 3.35. The zero-order valence-electron chi connectivity index (χ0n) is 18.4. The first-order valence-electron chi connectivity index (χ1n) is 10.1. The molecule has 8 heteroatoms. The highest BCUT2D eigenvalue weighted by molar-refractivity contribution is 14.0. The molecule has 7 nitrogen and oxygen atoms in total. The summed E-state index contributed by atoms with van der Waals surface area (Å²) in [6, 6.07) is 8.29. The van der Waals surface area contributed by atoms with Gasteiger partial charge in [-0.15, -0.1) is 24.0 Å². The lowest BCUT2D eigenvalue weighted by atomic mass is 10.1. The van der Waals surface area contributed by atoms with E-state index < -0.39 is 0 Å². The van der Waals surface area contributed by atoms with E-state index in [9.17, 15) is 0 Å². The van der Waals surface area contributed by atoms with Crippen LogP contribution in [0.2, 0.25) is 0 Å². The molecule has 1 N–H and O–H groups in total. The van der Waals surface area contributed by atoms with Gasteiger partial charge in [-0.3, -0.25) is 4.68 Å². The van der Waals surface area contributed by atoms with Crippen molar-refractivity contribution in [3.05, 3.63) is 66.0 Å². The van der Waals surface area contributed by atoms with Crippen molar-refractivity contribution in [1.82, 2.24) is 29.5 Å². The highest BCUT2D eigenvalue weighted by Gasteiger charge is 2.15. The third-order valence-corrected chi connectivity index (χ3v) is 4.76. The van der Waals surface area contributed by atoms with Gasteiger partial charge < -0.3 is 14.8 Å². The molecule has 3 rings (SSSR count). The third-order valence-electron chi connectivity index (χ3n) is 4.76. The van der Waals surface area contributed by atoms with Gasteiger partial charge >= 0.3 is 0 Å². The van der Waals surface area contributed by atoms with Crippen molar-refractivity contribution in [2.75, 3.05) is 13.6 Å². The van der Waals surface area contributed by atoms with E-state index in [1.54, 1.807) is 6.20 Å². The van der Waals surface area contributed by atoms with E-state index in [1.807, 2.05) is 41.0 Å². The summed E-state index contributed by atoms with van der Waals surface area (Å²) in [6.07, 6.45) is 7.66. The van der Waals surface area contributed by atoms with Crippen LogP contribution in [0.3, 0.4) is 0 Å². The fourth-order valence-corrected chi connectivity index (χ4v) is 3.42. The summed E-state index contributed by atoms with van der Waals surface area (Å²) in [5, 5.41) is 8.04. The Balaban J connectivity index is 0.00000320. The Bertz CT molecular complexity index is 944. The molecule has 0 aliphatic carbocycles. The van der Waals surface area contributed by atoms with Crippen molar-refractivity contribution in [3.63, 3.8) is 0 Å². The third kappa shape index (κ3) is 5.84. The Morgan fingerprint density at radius 3 is 2.67 bits per heavy atom. The first-order valence-corrected chi connectivity index (χ1v) is 10.1. The molecule has 2 aromatic heterocycles. The molecule has 1 aromatic carbocycles. The molecule has 0 bridgehead atoms. The Hall–Kier alpha value is -2.36. The number of hydrogen-bond donors (Lipinski definition) is 1. The topological polar surface area (TPSA) is 63.3 Å². The van der Waals surface area contributed by atoms with Crippen molar-refractivity contribution in [1.29, 1.82) is 0 Å². The molecule has 162 valence electrons. The molecule has 0 spiro atoms. The fraction of sp³-hybridized carbons (Fsp3) is 0.409. The van der Waals surface area contributed by atoms with E-state index in [0.717, 1.165) is 36.0 Å². The van der Waals surface area contributed by atoms with Crippen LogP contribution in [-0.2, 0) is 20.1 Å². The molecule has 0 atom stereocenters. The Morgan fingerprint density at radius 2 is 2.00 bits per heavy atom. The molecular formula is C22H32IN7. The molecule has 0 fully saturated rings. The van der Waals surface area contributed by atoms with Crippen molar-refractivity contribution >= 4 is 29.9 Å². The van der Waals surface area contributed by atoms with E-state index in [0.29, 0.717) is 12.5 Å². The number of rotatable bonds is 7. The van der Waals surface area contributed by atoms with Gasteiger partial charge in [-0.05, 0) is 24.5 Å². The van der Waals surface area contributed by atoms with Crippen LogP contribution in [0.15, 0.2) is 54.2 Å². The molecular weight excluding hydrogens is 489 g/mol. The first-order chi connectivity index (χ1) is 14.0. The standard InChI is InChI=1S/C22H31N7.HI/c1-6-24-22(27(4)14-19-15-28(5)26-21(19)17(2)3)25-13-18-9-7-8-10-20(18)29-12-11-23-16-29;/h7-12,15-17H,6,13-14H2,1-5H3,(H,24,25);1H. The second-order valence-corrected chi connectivity index (χ2v) is 7.49. The normalized spacial score (nSPS) is 11.5. The lowest BCUT2D eigenvalue weighted by Gasteiger charge is -2.22. The Kier molecular flexibility index (Phi) is 8.88. The molecule has 0 aliphatic heterocycles. The van der Waals surface area contributed by atoms with Crippen LogP contribution in [0, 0.1) is 0 Å². The monoisotopic (exact) mass is 521 g/mol. The molecule has 30 heavy (non-hydrogen) atoms. The summed E-state index contributed by atoms with van der Waals surface area (Å²) < 4.78 is 3.91. The minimum Gasteiger partial charge on any atom is -0.357 e. The number of benzene rings is 1. The first kappa shape index (κ1) is 23.9. The van der Waals surface area contributed by atoms with Crippen LogP contribution in [-0.4, -0.2) is 43.8 Å². The second kappa shape index (κ2) is 11.1. The number of halogens is 1. The maximum Gasteiger partial charge on any atom is 0.194 e. The maximum absolute atomic E-state index is 4.90. The molecule has 0 saturated heterocycles. The molecule has 0 saturated carbocycles. The van der Waals surface area contributed by atoms with Crippen LogP contribution in [0.4, 0.5) is 0 Å². The summed E-state index contributed by atoms with van der Waals surface area (Å²) >= 11 is 0. The van der Waals surface area contributed by atoms with E-state index in [2.05, 4.69) is 66.4 Å². The number of nitrogens with one attached hydrogen (secondary N) is 1. The van der Waals surface area contributed by atoms with Crippen LogP contribution in [0.5, 0.6) is 0 Å². The van der Waals surface area contributed by atoms with E-state index in [-0.39, 0.29) is 24.0 Å². The Labute approximate surface area is 196 Å². The fourth-order valence-electron chi connectivity index (χ4n) is 3.42. The number of para-hydroxylation sites is 1. The lowest BCUT2D eigenvalue weighted by Crippen LogP contribution is -2.38.